The van der Waals surface area contributed by atoms with Crippen LogP contribution in [0.3, 0.4) is 0 Å². The van der Waals surface area contributed by atoms with E-state index in [1.807, 2.05) is 0 Å². The number of aryl methyl sites for hydroxylation is 1. The second-order valence-electron chi connectivity index (χ2n) is 8.35. The van der Waals surface area contributed by atoms with Crippen molar-refractivity contribution >= 4 is 49.1 Å². The van der Waals surface area contributed by atoms with Crippen molar-refractivity contribution in [1.29, 1.82) is 0 Å². The highest BCUT2D eigenvalue weighted by Crippen LogP contribution is 2.35. The van der Waals surface area contributed by atoms with Crippen LogP contribution in [0, 0.1) is 0 Å². The van der Waals surface area contributed by atoms with Crippen LogP contribution in [-0.2, 0) is 6.42 Å². The third-order valence-corrected chi connectivity index (χ3v) is 6.89. The molecule has 1 heteroatoms. The monoisotopic (exact) mass is 460 g/mol. The summed E-state index contributed by atoms with van der Waals surface area (Å²) < 4.78 is 1.13. The lowest BCUT2D eigenvalue weighted by atomic mass is 9.86. The normalized spacial score (nSPS) is 13.3. The Balaban J connectivity index is 1.36. The van der Waals surface area contributed by atoms with E-state index < -0.39 is 0 Å². The molecule has 6 rings (SSSR count). The molecule has 1 aliphatic carbocycles. The van der Waals surface area contributed by atoms with Crippen LogP contribution in [0.5, 0.6) is 0 Å². The highest BCUT2D eigenvalue weighted by atomic mass is 79.9. The molecule has 0 unspecified atom stereocenters. The first-order valence-corrected chi connectivity index (χ1v) is 11.5. The highest BCUT2D eigenvalue weighted by Gasteiger charge is 2.13. The maximum absolute atomic E-state index is 3.57. The second kappa shape index (κ2) is 7.51. The quantitative estimate of drug-likeness (QED) is 0.246. The van der Waals surface area contributed by atoms with Crippen LogP contribution in [0.1, 0.15) is 23.1 Å². The summed E-state index contributed by atoms with van der Waals surface area (Å²) in [5.41, 5.74) is 8.14. The van der Waals surface area contributed by atoms with E-state index in [9.17, 15) is 0 Å². The summed E-state index contributed by atoms with van der Waals surface area (Å²) in [6, 6.07) is 35.6. The average molecular weight is 461 g/mol. The lowest BCUT2D eigenvalue weighted by Crippen LogP contribution is -1.99. The maximum atomic E-state index is 3.57. The van der Waals surface area contributed by atoms with E-state index in [0.717, 1.165) is 17.3 Å². The number of fused-ring (bicyclic) bond motifs is 3. The van der Waals surface area contributed by atoms with Gasteiger partial charge in [-0.1, -0.05) is 94.8 Å². The molecule has 0 radical (unpaired) electrons. The number of rotatable bonds is 2. The number of allylic oxidation sites excluding steroid dienone is 1. The smallest absolute Gasteiger partial charge is 0.0181 e. The van der Waals surface area contributed by atoms with Crippen molar-refractivity contribution in [2.24, 2.45) is 0 Å². The van der Waals surface area contributed by atoms with Gasteiger partial charge in [0.05, 0.1) is 0 Å². The Hall–Kier alpha value is -3.16. The van der Waals surface area contributed by atoms with Crippen LogP contribution >= 0.6 is 15.9 Å². The molecule has 0 heterocycles. The maximum Gasteiger partial charge on any atom is 0.0181 e. The van der Waals surface area contributed by atoms with E-state index in [4.69, 9.17) is 0 Å². The van der Waals surface area contributed by atoms with Gasteiger partial charge in [-0.2, -0.15) is 0 Å². The average Bonchev–Trinajstić information content (AvgIpc) is 2.82. The summed E-state index contributed by atoms with van der Waals surface area (Å²) in [7, 11) is 0. The molecule has 0 fully saturated rings. The Labute approximate surface area is 191 Å². The molecule has 0 amide bonds. The van der Waals surface area contributed by atoms with Crippen LogP contribution in [0.15, 0.2) is 102 Å². The van der Waals surface area contributed by atoms with Crippen molar-refractivity contribution in [2.75, 3.05) is 0 Å². The molecule has 0 spiro atoms. The number of hydrogen-bond acceptors (Lipinski definition) is 0. The van der Waals surface area contributed by atoms with Gasteiger partial charge in [0.15, 0.2) is 0 Å². The number of hydrogen-bond donors (Lipinski definition) is 0. The van der Waals surface area contributed by atoms with E-state index in [1.165, 1.54) is 54.9 Å². The summed E-state index contributed by atoms with van der Waals surface area (Å²) >= 11 is 3.57. The first-order chi connectivity index (χ1) is 15.2. The largest absolute Gasteiger partial charge is 0.0616 e. The molecular weight excluding hydrogens is 440 g/mol. The Morgan fingerprint density at radius 1 is 0.516 bits per heavy atom. The molecule has 0 aromatic heterocycles. The Morgan fingerprint density at radius 3 is 2.10 bits per heavy atom. The summed E-state index contributed by atoms with van der Waals surface area (Å²) in [5, 5.41) is 5.15. The molecule has 0 atom stereocenters. The molecule has 0 bridgehead atoms. The van der Waals surface area contributed by atoms with Gasteiger partial charge in [0, 0.05) is 4.47 Å². The van der Waals surface area contributed by atoms with E-state index >= 15 is 0 Å². The minimum absolute atomic E-state index is 1.08. The lowest BCUT2D eigenvalue weighted by Gasteiger charge is -2.18. The van der Waals surface area contributed by atoms with Gasteiger partial charge in [0.2, 0.25) is 0 Å². The minimum atomic E-state index is 1.08. The first kappa shape index (κ1) is 18.6. The molecule has 0 aliphatic heterocycles. The van der Waals surface area contributed by atoms with Gasteiger partial charge in [-0.3, -0.25) is 0 Å². The Kier molecular flexibility index (Phi) is 4.51. The van der Waals surface area contributed by atoms with Crippen LogP contribution in [0.25, 0.3) is 44.3 Å². The summed E-state index contributed by atoms with van der Waals surface area (Å²) in [5.74, 6) is 0. The van der Waals surface area contributed by atoms with E-state index in [-0.39, 0.29) is 0 Å². The predicted molar refractivity (Wildman–Crippen MR) is 137 cm³/mol. The topological polar surface area (TPSA) is 0 Å². The summed E-state index contributed by atoms with van der Waals surface area (Å²) in [6.45, 7) is 0. The Morgan fingerprint density at radius 2 is 1.16 bits per heavy atom. The van der Waals surface area contributed by atoms with Crippen molar-refractivity contribution in [1.82, 2.24) is 0 Å². The third-order valence-electron chi connectivity index (χ3n) is 6.39. The lowest BCUT2D eigenvalue weighted by molar-refractivity contribution is 1.00. The molecule has 31 heavy (non-hydrogen) atoms. The molecular formula is C30H21Br. The first-order valence-electron chi connectivity index (χ1n) is 10.8. The van der Waals surface area contributed by atoms with Gasteiger partial charge in [-0.15, -0.1) is 0 Å². The zero-order valence-corrected chi connectivity index (χ0v) is 18.7. The van der Waals surface area contributed by atoms with Crippen LogP contribution in [0.4, 0.5) is 0 Å². The Bertz CT molecular complexity index is 1490. The van der Waals surface area contributed by atoms with E-state index in [0.29, 0.717) is 0 Å². The summed E-state index contributed by atoms with van der Waals surface area (Å²) in [4.78, 5) is 0. The molecule has 1 aliphatic rings. The van der Waals surface area contributed by atoms with Gasteiger partial charge < -0.3 is 0 Å². The zero-order valence-electron chi connectivity index (χ0n) is 17.1. The molecule has 0 saturated carbocycles. The van der Waals surface area contributed by atoms with Crippen LogP contribution in [0.2, 0.25) is 0 Å². The van der Waals surface area contributed by atoms with Gasteiger partial charge in [0.1, 0.15) is 0 Å². The predicted octanol–water partition coefficient (Wildman–Crippen LogP) is 8.91. The zero-order chi connectivity index (χ0) is 20.8. The van der Waals surface area contributed by atoms with Gasteiger partial charge >= 0.3 is 0 Å². The number of benzene rings is 5. The van der Waals surface area contributed by atoms with Gasteiger partial charge in [0.25, 0.3) is 0 Å². The molecule has 5 aromatic rings. The van der Waals surface area contributed by atoms with E-state index in [1.54, 1.807) is 0 Å². The molecule has 0 N–H and O–H groups in total. The second-order valence-corrected chi connectivity index (χ2v) is 9.27. The fraction of sp³-hybridized carbons (Fsp3) is 0.0667. The molecule has 5 aromatic carbocycles. The molecule has 0 nitrogen and oxygen atoms in total. The van der Waals surface area contributed by atoms with Crippen LogP contribution < -0.4 is 0 Å². The fourth-order valence-corrected chi connectivity index (χ4v) is 5.06. The van der Waals surface area contributed by atoms with Gasteiger partial charge in [-0.05, 0) is 92.0 Å². The van der Waals surface area contributed by atoms with E-state index in [2.05, 4.69) is 119 Å². The van der Waals surface area contributed by atoms with Crippen LogP contribution in [-0.4, -0.2) is 0 Å². The third kappa shape index (κ3) is 3.49. The fourth-order valence-electron chi connectivity index (χ4n) is 4.68. The SMILES string of the molecule is Brc1ccc2cc(C3=Cc4ccc(-c5ccc6ccccc6c5)cc4CC3)ccc2c1. The molecule has 148 valence electrons. The van der Waals surface area contributed by atoms with Crippen molar-refractivity contribution in [3.63, 3.8) is 0 Å². The van der Waals surface area contributed by atoms with Crippen molar-refractivity contribution in [3.05, 3.63) is 118 Å². The van der Waals surface area contributed by atoms with Crippen molar-refractivity contribution in [2.45, 2.75) is 12.8 Å². The number of halogens is 1. The van der Waals surface area contributed by atoms with Gasteiger partial charge in [-0.25, -0.2) is 0 Å². The highest BCUT2D eigenvalue weighted by molar-refractivity contribution is 9.10. The minimum Gasteiger partial charge on any atom is -0.0616 e. The summed E-state index contributed by atoms with van der Waals surface area (Å²) in [6.07, 6.45) is 4.54. The molecule has 0 saturated heterocycles. The van der Waals surface area contributed by atoms with Crippen molar-refractivity contribution in [3.8, 4) is 11.1 Å². The standard InChI is InChI=1S/C30H21Br/c31-30-14-13-28-18-27(11-12-29(28)19-30)26-10-9-24-16-23(7-8-25(24)17-26)22-6-5-20-3-1-2-4-21(20)15-22/h1-8,11-19H,9-10H2. The van der Waals surface area contributed by atoms with Crippen molar-refractivity contribution < 1.29 is 0 Å².